The first-order valence-electron chi connectivity index (χ1n) is 5.68. The Balaban J connectivity index is 2.20. The molecule has 0 saturated heterocycles. The summed E-state index contributed by atoms with van der Waals surface area (Å²) >= 11 is 0. The van der Waals surface area contributed by atoms with Crippen molar-refractivity contribution in [2.45, 2.75) is 6.42 Å². The molecule has 1 aromatic rings. The van der Waals surface area contributed by atoms with Gasteiger partial charge in [-0.2, -0.15) is 9.97 Å². The van der Waals surface area contributed by atoms with Crippen LogP contribution in [0.15, 0.2) is 6.07 Å². The minimum absolute atomic E-state index is 0.171. The largest absolute Gasteiger partial charge is 0.382 e. The molecular formula is C10H20N6O2. The van der Waals surface area contributed by atoms with E-state index in [0.29, 0.717) is 31.5 Å². The maximum atomic E-state index is 5.52. The van der Waals surface area contributed by atoms with Crippen molar-refractivity contribution in [2.75, 3.05) is 50.0 Å². The lowest BCUT2D eigenvalue weighted by Crippen LogP contribution is -2.13. The van der Waals surface area contributed by atoms with Crippen molar-refractivity contribution in [2.24, 2.45) is 5.84 Å². The minimum atomic E-state index is 0.171. The number of rotatable bonds is 9. The van der Waals surface area contributed by atoms with Gasteiger partial charge in [-0.05, 0) is 6.42 Å². The molecule has 0 aliphatic heterocycles. The number of aromatic nitrogens is 2. The summed E-state index contributed by atoms with van der Waals surface area (Å²) in [6, 6.07) is 1.68. The molecular weight excluding hydrogens is 236 g/mol. The molecule has 0 atom stereocenters. The molecule has 8 heteroatoms. The molecule has 18 heavy (non-hydrogen) atoms. The molecule has 0 unspecified atom stereocenters. The summed E-state index contributed by atoms with van der Waals surface area (Å²) in [5, 5.41) is 3.11. The van der Waals surface area contributed by atoms with E-state index in [1.54, 1.807) is 13.2 Å². The van der Waals surface area contributed by atoms with E-state index in [4.69, 9.17) is 21.1 Å². The third kappa shape index (κ3) is 5.62. The van der Waals surface area contributed by atoms with E-state index in [2.05, 4.69) is 20.7 Å². The molecule has 0 aliphatic carbocycles. The highest BCUT2D eigenvalue weighted by Crippen LogP contribution is 2.10. The molecule has 0 amide bonds. The van der Waals surface area contributed by atoms with Gasteiger partial charge in [-0.15, -0.1) is 0 Å². The van der Waals surface area contributed by atoms with Crippen LogP contribution in [0.3, 0.4) is 0 Å². The molecule has 0 bridgehead atoms. The average Bonchev–Trinajstić information content (AvgIpc) is 2.37. The van der Waals surface area contributed by atoms with Gasteiger partial charge in [0.25, 0.3) is 0 Å². The van der Waals surface area contributed by atoms with Gasteiger partial charge in [0.05, 0.1) is 13.2 Å². The molecule has 1 aromatic heterocycles. The average molecular weight is 256 g/mol. The van der Waals surface area contributed by atoms with Crippen molar-refractivity contribution in [3.05, 3.63) is 6.07 Å². The number of nitrogen functional groups attached to an aromatic ring is 2. The highest BCUT2D eigenvalue weighted by atomic mass is 16.5. The maximum Gasteiger partial charge on any atom is 0.223 e. The normalized spacial score (nSPS) is 10.3. The van der Waals surface area contributed by atoms with Gasteiger partial charge >= 0.3 is 0 Å². The van der Waals surface area contributed by atoms with Crippen LogP contribution in [0.1, 0.15) is 6.42 Å². The van der Waals surface area contributed by atoms with E-state index >= 15 is 0 Å². The lowest BCUT2D eigenvalue weighted by molar-refractivity contribution is 0.0705. The van der Waals surface area contributed by atoms with Gasteiger partial charge in [0.15, 0.2) is 0 Å². The van der Waals surface area contributed by atoms with Crippen molar-refractivity contribution in [3.63, 3.8) is 0 Å². The standard InChI is InChI=1S/C10H20N6O2/c1-17-5-6-18-4-2-3-13-8-7-9(16-12)15-10(11)14-8/h7H,2-6,12H2,1H3,(H4,11,13,14,15,16). The van der Waals surface area contributed by atoms with E-state index in [9.17, 15) is 0 Å². The fraction of sp³-hybridized carbons (Fsp3) is 0.600. The molecule has 0 saturated carbocycles. The number of methoxy groups -OCH3 is 1. The summed E-state index contributed by atoms with van der Waals surface area (Å²) in [6.07, 6.45) is 0.860. The predicted octanol–water partition coefficient (Wildman–Crippen LogP) is -0.191. The SMILES string of the molecule is COCCOCCCNc1cc(NN)nc(N)n1. The first-order chi connectivity index (χ1) is 8.76. The molecule has 102 valence electrons. The Hall–Kier alpha value is -1.64. The zero-order valence-electron chi connectivity index (χ0n) is 10.5. The predicted molar refractivity (Wildman–Crippen MR) is 70.1 cm³/mol. The third-order valence-electron chi connectivity index (χ3n) is 2.09. The Kier molecular flexibility index (Phi) is 6.77. The highest BCUT2D eigenvalue weighted by molar-refractivity contribution is 5.50. The second kappa shape index (κ2) is 8.45. The third-order valence-corrected chi connectivity index (χ3v) is 2.09. The number of nitrogens with zero attached hydrogens (tertiary/aromatic N) is 2. The van der Waals surface area contributed by atoms with Crippen LogP contribution in [0.2, 0.25) is 0 Å². The van der Waals surface area contributed by atoms with Gasteiger partial charge in [0.1, 0.15) is 11.6 Å². The lowest BCUT2D eigenvalue weighted by atomic mass is 10.4. The Morgan fingerprint density at radius 3 is 2.72 bits per heavy atom. The van der Waals surface area contributed by atoms with Crippen LogP contribution in [0.5, 0.6) is 0 Å². The molecule has 1 heterocycles. The highest BCUT2D eigenvalue weighted by Gasteiger charge is 2.00. The Labute approximate surface area is 106 Å². The van der Waals surface area contributed by atoms with Crippen molar-refractivity contribution < 1.29 is 9.47 Å². The van der Waals surface area contributed by atoms with Gasteiger partial charge in [-0.25, -0.2) is 5.84 Å². The summed E-state index contributed by atoms with van der Waals surface area (Å²) in [5.41, 5.74) is 7.95. The van der Waals surface area contributed by atoms with Crippen molar-refractivity contribution in [1.82, 2.24) is 9.97 Å². The molecule has 0 spiro atoms. The first kappa shape index (κ1) is 14.4. The van der Waals surface area contributed by atoms with E-state index in [0.717, 1.165) is 13.0 Å². The van der Waals surface area contributed by atoms with Crippen LogP contribution in [0, 0.1) is 0 Å². The summed E-state index contributed by atoms with van der Waals surface area (Å²) in [7, 11) is 1.65. The summed E-state index contributed by atoms with van der Waals surface area (Å²) in [6.45, 7) is 2.62. The maximum absolute atomic E-state index is 5.52. The first-order valence-corrected chi connectivity index (χ1v) is 5.68. The minimum Gasteiger partial charge on any atom is -0.382 e. The number of hydrogen-bond donors (Lipinski definition) is 4. The fourth-order valence-electron chi connectivity index (χ4n) is 1.27. The van der Waals surface area contributed by atoms with Crippen LogP contribution in [-0.2, 0) is 9.47 Å². The smallest absolute Gasteiger partial charge is 0.223 e. The quantitative estimate of drug-likeness (QED) is 0.272. The molecule has 0 aromatic carbocycles. The number of nitrogens with two attached hydrogens (primary N) is 2. The van der Waals surface area contributed by atoms with Crippen LogP contribution < -0.4 is 22.3 Å². The Morgan fingerprint density at radius 1 is 1.22 bits per heavy atom. The van der Waals surface area contributed by atoms with Gasteiger partial charge in [-0.3, -0.25) is 0 Å². The van der Waals surface area contributed by atoms with Gasteiger partial charge in [-0.1, -0.05) is 0 Å². The molecule has 0 fully saturated rings. The fourth-order valence-corrected chi connectivity index (χ4v) is 1.27. The van der Waals surface area contributed by atoms with Crippen LogP contribution in [0.25, 0.3) is 0 Å². The lowest BCUT2D eigenvalue weighted by Gasteiger charge is -2.08. The summed E-state index contributed by atoms with van der Waals surface area (Å²) < 4.78 is 10.2. The molecule has 8 nitrogen and oxygen atoms in total. The molecule has 6 N–H and O–H groups in total. The number of hydrogen-bond acceptors (Lipinski definition) is 8. The van der Waals surface area contributed by atoms with Crippen LogP contribution in [0.4, 0.5) is 17.6 Å². The topological polar surface area (TPSA) is 120 Å². The number of ether oxygens (including phenoxy) is 2. The summed E-state index contributed by atoms with van der Waals surface area (Å²) in [5.74, 6) is 6.53. The van der Waals surface area contributed by atoms with Crippen LogP contribution in [-0.4, -0.2) is 43.4 Å². The molecule has 1 rings (SSSR count). The number of anilines is 3. The van der Waals surface area contributed by atoms with Crippen LogP contribution >= 0.6 is 0 Å². The van der Waals surface area contributed by atoms with Crippen molar-refractivity contribution in [1.29, 1.82) is 0 Å². The zero-order chi connectivity index (χ0) is 13.2. The van der Waals surface area contributed by atoms with Gasteiger partial charge < -0.3 is 25.9 Å². The second-order valence-corrected chi connectivity index (χ2v) is 3.53. The van der Waals surface area contributed by atoms with Crippen molar-refractivity contribution in [3.8, 4) is 0 Å². The van der Waals surface area contributed by atoms with E-state index < -0.39 is 0 Å². The zero-order valence-corrected chi connectivity index (χ0v) is 10.5. The monoisotopic (exact) mass is 256 g/mol. The van der Waals surface area contributed by atoms with Crippen molar-refractivity contribution >= 4 is 17.6 Å². The summed E-state index contributed by atoms with van der Waals surface area (Å²) in [4.78, 5) is 7.91. The van der Waals surface area contributed by atoms with E-state index in [-0.39, 0.29) is 5.95 Å². The Morgan fingerprint density at radius 2 is 2.00 bits per heavy atom. The Bertz CT molecular complexity index is 349. The molecule has 0 aliphatic rings. The van der Waals surface area contributed by atoms with Gasteiger partial charge in [0, 0.05) is 26.3 Å². The molecule has 0 radical (unpaired) electrons. The second-order valence-electron chi connectivity index (χ2n) is 3.53. The van der Waals surface area contributed by atoms with E-state index in [1.165, 1.54) is 0 Å². The van der Waals surface area contributed by atoms with E-state index in [1.807, 2.05) is 0 Å². The number of nitrogens with one attached hydrogen (secondary N) is 2. The number of hydrazine groups is 1. The van der Waals surface area contributed by atoms with Gasteiger partial charge in [0.2, 0.25) is 5.95 Å².